The number of carbonyl (C=O) groups is 1. The van der Waals surface area contributed by atoms with Gasteiger partial charge in [-0.15, -0.1) is 0 Å². The van der Waals surface area contributed by atoms with Crippen molar-refractivity contribution in [3.05, 3.63) is 58.1 Å². The van der Waals surface area contributed by atoms with Gasteiger partial charge in [0.2, 0.25) is 0 Å². The Morgan fingerprint density at radius 1 is 0.895 bits per heavy atom. The van der Waals surface area contributed by atoms with Crippen LogP contribution in [0.1, 0.15) is 32.6 Å². The third-order valence-corrected chi connectivity index (χ3v) is 3.42. The molecule has 0 unspecified atom stereocenters. The Labute approximate surface area is 114 Å². The lowest BCUT2D eigenvalue weighted by Crippen LogP contribution is -1.95. The second-order valence-electron chi connectivity index (χ2n) is 4.90. The van der Waals surface area contributed by atoms with E-state index in [2.05, 4.69) is 26.0 Å². The fourth-order valence-corrected chi connectivity index (χ4v) is 2.05. The summed E-state index contributed by atoms with van der Waals surface area (Å²) >= 11 is 0. The summed E-state index contributed by atoms with van der Waals surface area (Å²) in [5, 5.41) is 0. The largest absolute Gasteiger partial charge is 0.457 e. The standard InChI is InChI=1S/C17H18O2/c1-11-5-6-12(2)17(14(11)4)19-16-8-7-15(10-18)9-13(16)3/h5-10H,1-4H3. The van der Waals surface area contributed by atoms with Crippen LogP contribution in [0.2, 0.25) is 0 Å². The first-order valence-electron chi connectivity index (χ1n) is 6.33. The van der Waals surface area contributed by atoms with Crippen LogP contribution in [0.5, 0.6) is 11.5 Å². The fraction of sp³-hybridized carbons (Fsp3) is 0.235. The summed E-state index contributed by atoms with van der Waals surface area (Å²) in [5.74, 6) is 1.70. The van der Waals surface area contributed by atoms with E-state index in [1.165, 1.54) is 5.56 Å². The molecule has 2 nitrogen and oxygen atoms in total. The molecule has 0 aromatic heterocycles. The first-order chi connectivity index (χ1) is 9.02. The van der Waals surface area contributed by atoms with Gasteiger partial charge < -0.3 is 4.74 Å². The normalized spacial score (nSPS) is 10.3. The number of benzene rings is 2. The van der Waals surface area contributed by atoms with Crippen LogP contribution in [-0.2, 0) is 0 Å². The SMILES string of the molecule is Cc1cc(C=O)ccc1Oc1c(C)ccc(C)c1C. The molecule has 0 aliphatic carbocycles. The molecule has 0 saturated heterocycles. The minimum absolute atomic E-state index is 0.669. The highest BCUT2D eigenvalue weighted by atomic mass is 16.5. The number of ether oxygens (including phenoxy) is 1. The number of hydrogen-bond donors (Lipinski definition) is 0. The molecule has 0 aliphatic heterocycles. The van der Waals surface area contributed by atoms with Gasteiger partial charge in [-0.3, -0.25) is 4.79 Å². The summed E-state index contributed by atoms with van der Waals surface area (Å²) in [4.78, 5) is 10.7. The van der Waals surface area contributed by atoms with E-state index >= 15 is 0 Å². The molecule has 0 atom stereocenters. The number of aldehydes is 1. The highest BCUT2D eigenvalue weighted by Crippen LogP contribution is 2.32. The Morgan fingerprint density at radius 2 is 1.58 bits per heavy atom. The molecule has 19 heavy (non-hydrogen) atoms. The first kappa shape index (κ1) is 13.3. The van der Waals surface area contributed by atoms with Crippen molar-refractivity contribution in [3.63, 3.8) is 0 Å². The molecule has 0 bridgehead atoms. The van der Waals surface area contributed by atoms with E-state index in [0.717, 1.165) is 34.5 Å². The molecule has 0 aliphatic rings. The van der Waals surface area contributed by atoms with Gasteiger partial charge in [0.05, 0.1) is 0 Å². The number of aryl methyl sites for hydroxylation is 3. The van der Waals surface area contributed by atoms with Gasteiger partial charge in [-0.25, -0.2) is 0 Å². The smallest absolute Gasteiger partial charge is 0.150 e. The van der Waals surface area contributed by atoms with Crippen LogP contribution >= 0.6 is 0 Å². The van der Waals surface area contributed by atoms with Crippen molar-refractivity contribution >= 4 is 6.29 Å². The topological polar surface area (TPSA) is 26.3 Å². The summed E-state index contributed by atoms with van der Waals surface area (Å²) < 4.78 is 6.04. The highest BCUT2D eigenvalue weighted by molar-refractivity contribution is 5.75. The van der Waals surface area contributed by atoms with Gasteiger partial charge in [-0.05, 0) is 68.1 Å². The molecule has 2 heteroatoms. The predicted molar refractivity (Wildman–Crippen MR) is 77.3 cm³/mol. The van der Waals surface area contributed by atoms with Gasteiger partial charge in [-0.2, -0.15) is 0 Å². The minimum atomic E-state index is 0.669. The molecule has 0 heterocycles. The van der Waals surface area contributed by atoms with Gasteiger partial charge in [0.25, 0.3) is 0 Å². The van der Waals surface area contributed by atoms with Gasteiger partial charge in [0.15, 0.2) is 0 Å². The van der Waals surface area contributed by atoms with Crippen molar-refractivity contribution in [2.45, 2.75) is 27.7 Å². The maximum atomic E-state index is 10.7. The molecular formula is C17H18O2. The van der Waals surface area contributed by atoms with Crippen molar-refractivity contribution in [1.29, 1.82) is 0 Å². The zero-order valence-electron chi connectivity index (χ0n) is 11.8. The average Bonchev–Trinajstić information content (AvgIpc) is 2.40. The maximum Gasteiger partial charge on any atom is 0.150 e. The Bertz CT molecular complexity index is 627. The predicted octanol–water partition coefficient (Wildman–Crippen LogP) is 4.53. The van der Waals surface area contributed by atoms with Crippen molar-refractivity contribution in [2.24, 2.45) is 0 Å². The van der Waals surface area contributed by atoms with Crippen molar-refractivity contribution in [2.75, 3.05) is 0 Å². The Morgan fingerprint density at radius 3 is 2.21 bits per heavy atom. The summed E-state index contributed by atoms with van der Waals surface area (Å²) in [6.45, 7) is 8.12. The van der Waals surface area contributed by atoms with Gasteiger partial charge in [-0.1, -0.05) is 12.1 Å². The quantitative estimate of drug-likeness (QED) is 0.752. The van der Waals surface area contributed by atoms with E-state index in [4.69, 9.17) is 4.74 Å². The van der Waals surface area contributed by atoms with E-state index in [-0.39, 0.29) is 0 Å². The first-order valence-corrected chi connectivity index (χ1v) is 6.33. The number of hydrogen-bond acceptors (Lipinski definition) is 2. The van der Waals surface area contributed by atoms with Crippen LogP contribution in [0, 0.1) is 27.7 Å². The van der Waals surface area contributed by atoms with Gasteiger partial charge in [0, 0.05) is 5.56 Å². The van der Waals surface area contributed by atoms with Crippen molar-refractivity contribution in [1.82, 2.24) is 0 Å². The van der Waals surface area contributed by atoms with Crippen LogP contribution in [0.15, 0.2) is 30.3 Å². The third kappa shape index (κ3) is 2.68. The Kier molecular flexibility index (Phi) is 3.70. The molecule has 0 fully saturated rings. The molecule has 0 N–H and O–H groups in total. The molecule has 0 radical (unpaired) electrons. The lowest BCUT2D eigenvalue weighted by molar-refractivity contribution is 0.112. The molecule has 2 aromatic rings. The zero-order chi connectivity index (χ0) is 14.0. The Hall–Kier alpha value is -2.09. The van der Waals surface area contributed by atoms with E-state index in [0.29, 0.717) is 5.56 Å². The summed E-state index contributed by atoms with van der Waals surface area (Å²) in [5.41, 5.74) is 5.11. The maximum absolute atomic E-state index is 10.7. The second-order valence-corrected chi connectivity index (χ2v) is 4.90. The van der Waals surface area contributed by atoms with Crippen LogP contribution in [0.25, 0.3) is 0 Å². The van der Waals surface area contributed by atoms with Gasteiger partial charge in [0.1, 0.15) is 17.8 Å². The molecule has 2 rings (SSSR count). The molecular weight excluding hydrogens is 236 g/mol. The summed E-state index contributed by atoms with van der Waals surface area (Å²) in [6.07, 6.45) is 0.847. The zero-order valence-corrected chi connectivity index (χ0v) is 11.8. The molecule has 0 amide bonds. The molecule has 98 valence electrons. The fourth-order valence-electron chi connectivity index (χ4n) is 2.05. The lowest BCUT2D eigenvalue weighted by Gasteiger charge is -2.15. The van der Waals surface area contributed by atoms with E-state index in [1.807, 2.05) is 26.0 Å². The number of rotatable bonds is 3. The third-order valence-electron chi connectivity index (χ3n) is 3.42. The monoisotopic (exact) mass is 254 g/mol. The van der Waals surface area contributed by atoms with Crippen LogP contribution in [-0.4, -0.2) is 6.29 Å². The van der Waals surface area contributed by atoms with Crippen molar-refractivity contribution in [3.8, 4) is 11.5 Å². The molecule has 0 spiro atoms. The van der Waals surface area contributed by atoms with Crippen LogP contribution in [0.3, 0.4) is 0 Å². The highest BCUT2D eigenvalue weighted by Gasteiger charge is 2.09. The Balaban J connectivity index is 2.42. The van der Waals surface area contributed by atoms with E-state index < -0.39 is 0 Å². The van der Waals surface area contributed by atoms with Gasteiger partial charge >= 0.3 is 0 Å². The second kappa shape index (κ2) is 5.27. The molecule has 2 aromatic carbocycles. The van der Waals surface area contributed by atoms with Crippen LogP contribution < -0.4 is 4.74 Å². The van der Waals surface area contributed by atoms with E-state index in [1.54, 1.807) is 6.07 Å². The van der Waals surface area contributed by atoms with E-state index in [9.17, 15) is 4.79 Å². The van der Waals surface area contributed by atoms with Crippen LogP contribution in [0.4, 0.5) is 0 Å². The minimum Gasteiger partial charge on any atom is -0.457 e. The average molecular weight is 254 g/mol. The molecule has 0 saturated carbocycles. The number of carbonyl (C=O) groups excluding carboxylic acids is 1. The summed E-state index contributed by atoms with van der Waals surface area (Å²) in [6, 6.07) is 9.62. The van der Waals surface area contributed by atoms with Crippen molar-refractivity contribution < 1.29 is 9.53 Å². The lowest BCUT2D eigenvalue weighted by atomic mass is 10.1. The summed E-state index contributed by atoms with van der Waals surface area (Å²) in [7, 11) is 0.